The minimum Gasteiger partial charge on any atom is -0.382 e. The molecule has 0 aliphatic carbocycles. The van der Waals surface area contributed by atoms with Crippen molar-refractivity contribution in [3.63, 3.8) is 0 Å². The predicted molar refractivity (Wildman–Crippen MR) is 87.9 cm³/mol. The Labute approximate surface area is 134 Å². The number of fused-ring (bicyclic) bond motifs is 1. The second-order valence-electron chi connectivity index (χ2n) is 5.40. The molecule has 23 heavy (non-hydrogen) atoms. The number of hydrogen-bond donors (Lipinski definition) is 3. The van der Waals surface area contributed by atoms with Crippen LogP contribution in [0.2, 0.25) is 0 Å². The molecule has 0 fully saturated rings. The van der Waals surface area contributed by atoms with Crippen LogP contribution in [0.5, 0.6) is 0 Å². The number of anilines is 1. The maximum absolute atomic E-state index is 11.9. The van der Waals surface area contributed by atoms with E-state index in [2.05, 4.69) is 20.0 Å². The summed E-state index contributed by atoms with van der Waals surface area (Å²) in [5, 5.41) is 2.64. The SMILES string of the molecule is CCCCNP(=O)(O)CO[C@H](C)Cn1cnc2c(N)ncnc21. The fourth-order valence-corrected chi connectivity index (χ4v) is 3.12. The van der Waals surface area contributed by atoms with Gasteiger partial charge in [0.1, 0.15) is 18.2 Å². The Hall–Kier alpha value is -1.54. The fourth-order valence-electron chi connectivity index (χ4n) is 2.07. The molecule has 2 rings (SSSR count). The van der Waals surface area contributed by atoms with E-state index in [1.165, 1.54) is 6.33 Å². The lowest BCUT2D eigenvalue weighted by atomic mass is 10.3. The molecular formula is C13H23N6O3P. The molecule has 0 aliphatic rings. The molecule has 4 N–H and O–H groups in total. The standard InChI is InChI=1S/C13H23N6O3P/c1-3-4-5-18-23(20,21)9-22-10(2)6-19-8-17-11-12(14)15-7-16-13(11)19/h7-8,10H,3-6,9H2,1-2H3,(H2,14,15,16)(H2,18,20,21)/t10-/m1/s1. The van der Waals surface area contributed by atoms with Gasteiger partial charge in [-0.1, -0.05) is 13.3 Å². The van der Waals surface area contributed by atoms with Crippen molar-refractivity contribution < 1.29 is 14.2 Å². The van der Waals surface area contributed by atoms with E-state index >= 15 is 0 Å². The number of ether oxygens (including phenoxy) is 1. The van der Waals surface area contributed by atoms with Gasteiger partial charge in [-0.05, 0) is 13.3 Å². The molecule has 1 unspecified atom stereocenters. The van der Waals surface area contributed by atoms with E-state index in [-0.39, 0.29) is 12.5 Å². The van der Waals surface area contributed by atoms with E-state index in [4.69, 9.17) is 10.5 Å². The highest BCUT2D eigenvalue weighted by molar-refractivity contribution is 7.55. The normalized spacial score (nSPS) is 15.6. The van der Waals surface area contributed by atoms with E-state index < -0.39 is 7.52 Å². The monoisotopic (exact) mass is 342 g/mol. The Morgan fingerprint density at radius 1 is 1.48 bits per heavy atom. The summed E-state index contributed by atoms with van der Waals surface area (Å²) >= 11 is 0. The molecule has 9 nitrogen and oxygen atoms in total. The molecule has 0 amide bonds. The van der Waals surface area contributed by atoms with Crippen molar-refractivity contribution >= 4 is 24.5 Å². The highest BCUT2D eigenvalue weighted by Gasteiger charge is 2.19. The van der Waals surface area contributed by atoms with Crippen LogP contribution in [0.3, 0.4) is 0 Å². The van der Waals surface area contributed by atoms with Crippen molar-refractivity contribution in [1.82, 2.24) is 24.6 Å². The van der Waals surface area contributed by atoms with Gasteiger partial charge in [-0.2, -0.15) is 0 Å². The van der Waals surface area contributed by atoms with Crippen LogP contribution in [0.15, 0.2) is 12.7 Å². The van der Waals surface area contributed by atoms with Crippen molar-refractivity contribution in [2.45, 2.75) is 39.3 Å². The van der Waals surface area contributed by atoms with Crippen molar-refractivity contribution in [2.75, 3.05) is 18.6 Å². The number of nitrogens with zero attached hydrogens (tertiary/aromatic N) is 4. The van der Waals surface area contributed by atoms with Gasteiger partial charge in [-0.15, -0.1) is 0 Å². The number of unbranched alkanes of at least 4 members (excludes halogenated alkanes) is 1. The van der Waals surface area contributed by atoms with Crippen LogP contribution in [-0.2, 0) is 15.8 Å². The van der Waals surface area contributed by atoms with Gasteiger partial charge >= 0.3 is 0 Å². The van der Waals surface area contributed by atoms with E-state index in [0.717, 1.165) is 12.8 Å². The molecule has 10 heteroatoms. The Morgan fingerprint density at radius 2 is 2.26 bits per heavy atom. The van der Waals surface area contributed by atoms with Crippen LogP contribution < -0.4 is 10.8 Å². The molecule has 0 aliphatic heterocycles. The minimum absolute atomic E-state index is 0.234. The van der Waals surface area contributed by atoms with E-state index in [0.29, 0.717) is 30.1 Å². The molecule has 128 valence electrons. The summed E-state index contributed by atoms with van der Waals surface area (Å²) < 4.78 is 19.2. The molecule has 0 aromatic carbocycles. The summed E-state index contributed by atoms with van der Waals surface area (Å²) in [5.74, 6) is 0.322. The zero-order chi connectivity index (χ0) is 16.9. The van der Waals surface area contributed by atoms with E-state index in [1.54, 1.807) is 10.9 Å². The van der Waals surface area contributed by atoms with Crippen LogP contribution in [0.1, 0.15) is 26.7 Å². The van der Waals surface area contributed by atoms with Crippen LogP contribution in [0.25, 0.3) is 11.2 Å². The quantitative estimate of drug-likeness (QED) is 0.460. The number of nitrogens with two attached hydrogens (primary N) is 1. The smallest absolute Gasteiger partial charge is 0.292 e. The second kappa shape index (κ2) is 7.83. The lowest BCUT2D eigenvalue weighted by molar-refractivity contribution is 0.0816. The molecule has 0 saturated heterocycles. The zero-order valence-corrected chi connectivity index (χ0v) is 14.2. The van der Waals surface area contributed by atoms with Crippen molar-refractivity contribution in [1.29, 1.82) is 0 Å². The van der Waals surface area contributed by atoms with Gasteiger partial charge in [-0.3, -0.25) is 4.57 Å². The summed E-state index contributed by atoms with van der Waals surface area (Å²) in [6.07, 6.45) is 4.28. The van der Waals surface area contributed by atoms with E-state index in [1.807, 2.05) is 13.8 Å². The Balaban J connectivity index is 1.90. The number of aromatic nitrogens is 4. The molecule has 2 atom stereocenters. The third-order valence-corrected chi connectivity index (χ3v) is 4.52. The molecule has 2 aromatic rings. The first-order chi connectivity index (χ1) is 10.9. The van der Waals surface area contributed by atoms with Gasteiger partial charge in [0.2, 0.25) is 0 Å². The second-order valence-corrected chi connectivity index (χ2v) is 7.38. The van der Waals surface area contributed by atoms with Gasteiger partial charge in [0, 0.05) is 6.54 Å². The Kier molecular flexibility index (Phi) is 6.06. The summed E-state index contributed by atoms with van der Waals surface area (Å²) in [6, 6.07) is 0. The maximum atomic E-state index is 11.9. The largest absolute Gasteiger partial charge is 0.382 e. The van der Waals surface area contributed by atoms with Gasteiger partial charge < -0.3 is 19.9 Å². The molecule has 0 spiro atoms. The average molecular weight is 342 g/mol. The average Bonchev–Trinajstić information content (AvgIpc) is 2.90. The molecule has 0 radical (unpaired) electrons. The third kappa shape index (κ3) is 4.97. The fraction of sp³-hybridized carbons (Fsp3) is 0.615. The number of hydrogen-bond acceptors (Lipinski definition) is 6. The lowest BCUT2D eigenvalue weighted by Gasteiger charge is -2.18. The predicted octanol–water partition coefficient (Wildman–Crippen LogP) is 1.35. The summed E-state index contributed by atoms with van der Waals surface area (Å²) in [7, 11) is -3.46. The number of nitrogens with one attached hydrogen (secondary N) is 1. The first kappa shape index (κ1) is 17.8. The van der Waals surface area contributed by atoms with Crippen LogP contribution >= 0.6 is 7.52 Å². The van der Waals surface area contributed by atoms with Crippen LogP contribution in [-0.4, -0.2) is 43.4 Å². The molecule has 2 heterocycles. The van der Waals surface area contributed by atoms with Crippen LogP contribution in [0, 0.1) is 0 Å². The summed E-state index contributed by atoms with van der Waals surface area (Å²) in [5.41, 5.74) is 6.89. The summed E-state index contributed by atoms with van der Waals surface area (Å²) in [4.78, 5) is 22.0. The minimum atomic E-state index is -3.46. The highest BCUT2D eigenvalue weighted by Crippen LogP contribution is 2.35. The first-order valence-corrected chi connectivity index (χ1v) is 9.37. The van der Waals surface area contributed by atoms with Crippen molar-refractivity contribution in [3.8, 4) is 0 Å². The third-order valence-electron chi connectivity index (χ3n) is 3.31. The Morgan fingerprint density at radius 3 is 3.00 bits per heavy atom. The Bertz CT molecular complexity index is 691. The van der Waals surface area contributed by atoms with Crippen LogP contribution in [0.4, 0.5) is 5.82 Å². The van der Waals surface area contributed by atoms with Gasteiger partial charge in [0.15, 0.2) is 11.5 Å². The van der Waals surface area contributed by atoms with E-state index in [9.17, 15) is 9.46 Å². The number of rotatable bonds is 9. The molecular weight excluding hydrogens is 319 g/mol. The maximum Gasteiger partial charge on any atom is 0.292 e. The number of imidazole rings is 1. The molecule has 0 saturated carbocycles. The molecule has 0 bridgehead atoms. The zero-order valence-electron chi connectivity index (χ0n) is 13.3. The van der Waals surface area contributed by atoms with Gasteiger partial charge in [0.05, 0.1) is 19.0 Å². The van der Waals surface area contributed by atoms with Crippen molar-refractivity contribution in [2.24, 2.45) is 0 Å². The van der Waals surface area contributed by atoms with Crippen molar-refractivity contribution in [3.05, 3.63) is 12.7 Å². The first-order valence-electron chi connectivity index (χ1n) is 7.53. The topological polar surface area (TPSA) is 128 Å². The lowest BCUT2D eigenvalue weighted by Crippen LogP contribution is -2.21. The highest BCUT2D eigenvalue weighted by atomic mass is 31.2. The van der Waals surface area contributed by atoms with Gasteiger partial charge in [0.25, 0.3) is 7.52 Å². The van der Waals surface area contributed by atoms with Gasteiger partial charge in [-0.25, -0.2) is 20.0 Å². The summed E-state index contributed by atoms with van der Waals surface area (Å²) in [6.45, 7) is 4.79. The number of nitrogen functional groups attached to an aromatic ring is 1. The molecule has 2 aromatic heterocycles.